The highest BCUT2D eigenvalue weighted by Gasteiger charge is 2.07. The van der Waals surface area contributed by atoms with E-state index in [1.807, 2.05) is 45.9 Å². The van der Waals surface area contributed by atoms with Crippen molar-refractivity contribution >= 4 is 5.78 Å². The SMILES string of the molecule is C=C(C)N1CCCCC1.CC.CC.CC(=O)C1=CCCC=C1.CCC. The molecule has 2 rings (SSSR count). The van der Waals surface area contributed by atoms with E-state index in [1.165, 1.54) is 44.5 Å². The van der Waals surface area contributed by atoms with Crippen LogP contribution < -0.4 is 0 Å². The molecule has 1 aliphatic heterocycles. The average Bonchev–Trinajstić information content (AvgIpc) is 2.67. The van der Waals surface area contributed by atoms with Crippen molar-refractivity contribution in [1.29, 1.82) is 0 Å². The molecular weight excluding hydrogens is 306 g/mol. The van der Waals surface area contributed by atoms with Crippen molar-refractivity contribution in [1.82, 2.24) is 4.90 Å². The number of hydrogen-bond donors (Lipinski definition) is 0. The molecule has 2 nitrogen and oxygen atoms in total. The average molecular weight is 352 g/mol. The van der Waals surface area contributed by atoms with Crippen LogP contribution in [0.15, 0.2) is 36.1 Å². The number of hydrogen-bond acceptors (Lipinski definition) is 2. The maximum atomic E-state index is 10.7. The molecule has 0 bridgehead atoms. The van der Waals surface area contributed by atoms with Gasteiger partial charge < -0.3 is 4.90 Å². The second-order valence-corrected chi connectivity index (χ2v) is 5.69. The molecule has 0 radical (unpaired) electrons. The van der Waals surface area contributed by atoms with Crippen molar-refractivity contribution in [2.45, 2.75) is 93.9 Å². The standard InChI is InChI=1S/C8H15N.C8H10O.C3H8.2C2H6/c1-8(2)9-6-4-3-5-7-9;1-7(9)8-5-3-2-4-6-8;1-3-2;2*1-2/h1,3-7H2,2H3;3,5-6H,2,4H2,1H3;3H2,1-2H3;2*1-2H3. The first-order chi connectivity index (χ1) is 12.0. The number of carbonyl (C=O) groups is 1. The van der Waals surface area contributed by atoms with Crippen LogP contribution in [-0.2, 0) is 4.79 Å². The zero-order chi connectivity index (χ0) is 20.1. The summed E-state index contributed by atoms with van der Waals surface area (Å²) in [5.74, 6) is 0.172. The second-order valence-electron chi connectivity index (χ2n) is 5.69. The molecule has 1 fully saturated rings. The van der Waals surface area contributed by atoms with E-state index in [2.05, 4.69) is 32.3 Å². The quantitative estimate of drug-likeness (QED) is 0.519. The van der Waals surface area contributed by atoms with Crippen LogP contribution in [-0.4, -0.2) is 23.8 Å². The Morgan fingerprint density at radius 3 is 1.72 bits per heavy atom. The normalized spacial score (nSPS) is 14.6. The summed E-state index contributed by atoms with van der Waals surface area (Å²) in [6, 6.07) is 0. The molecule has 0 unspecified atom stereocenters. The molecule has 0 aromatic rings. The Morgan fingerprint density at radius 2 is 1.48 bits per heavy atom. The van der Waals surface area contributed by atoms with Crippen molar-refractivity contribution in [2.24, 2.45) is 0 Å². The largest absolute Gasteiger partial charge is 0.376 e. The van der Waals surface area contributed by atoms with Gasteiger partial charge in [0.1, 0.15) is 0 Å². The molecule has 0 aromatic heterocycles. The lowest BCUT2D eigenvalue weighted by atomic mass is 10.0. The molecule has 1 aliphatic carbocycles. The third-order valence-corrected chi connectivity index (χ3v) is 3.30. The number of ketones is 1. The molecule has 0 amide bonds. The predicted octanol–water partition coefficient (Wildman–Crippen LogP) is 7.33. The first-order valence-corrected chi connectivity index (χ1v) is 10.3. The van der Waals surface area contributed by atoms with E-state index in [4.69, 9.17) is 0 Å². The maximum Gasteiger partial charge on any atom is 0.159 e. The van der Waals surface area contributed by atoms with Crippen LogP contribution in [0.5, 0.6) is 0 Å². The van der Waals surface area contributed by atoms with E-state index in [0.29, 0.717) is 0 Å². The van der Waals surface area contributed by atoms with Gasteiger partial charge in [0.05, 0.1) is 0 Å². The van der Waals surface area contributed by atoms with Gasteiger partial charge in [-0.15, -0.1) is 0 Å². The zero-order valence-corrected chi connectivity index (χ0v) is 18.5. The third-order valence-electron chi connectivity index (χ3n) is 3.30. The van der Waals surface area contributed by atoms with Gasteiger partial charge in [-0.3, -0.25) is 4.79 Å². The van der Waals surface area contributed by atoms with Crippen molar-refractivity contribution < 1.29 is 4.79 Å². The lowest BCUT2D eigenvalue weighted by Gasteiger charge is -2.28. The van der Waals surface area contributed by atoms with E-state index < -0.39 is 0 Å². The van der Waals surface area contributed by atoms with Gasteiger partial charge in [0.2, 0.25) is 0 Å². The van der Waals surface area contributed by atoms with Crippen molar-refractivity contribution in [2.75, 3.05) is 13.1 Å². The minimum Gasteiger partial charge on any atom is -0.376 e. The summed E-state index contributed by atoms with van der Waals surface area (Å²) in [4.78, 5) is 13.0. The molecule has 2 aliphatic rings. The molecule has 25 heavy (non-hydrogen) atoms. The molecular formula is C23H45NO. The molecule has 0 aromatic carbocycles. The summed E-state index contributed by atoms with van der Waals surface area (Å²) in [6.07, 6.45) is 13.4. The third kappa shape index (κ3) is 18.9. The van der Waals surface area contributed by atoms with Crippen LogP contribution in [0.25, 0.3) is 0 Å². The van der Waals surface area contributed by atoms with Crippen molar-refractivity contribution in [3.63, 3.8) is 0 Å². The fourth-order valence-electron chi connectivity index (χ4n) is 2.15. The van der Waals surface area contributed by atoms with Gasteiger partial charge in [0.15, 0.2) is 5.78 Å². The van der Waals surface area contributed by atoms with Gasteiger partial charge in [-0.05, 0) is 46.0 Å². The number of piperidine rings is 1. The highest BCUT2D eigenvalue weighted by molar-refractivity contribution is 5.96. The predicted molar refractivity (Wildman–Crippen MR) is 116 cm³/mol. The molecule has 2 heteroatoms. The molecule has 148 valence electrons. The lowest BCUT2D eigenvalue weighted by Crippen LogP contribution is -2.27. The van der Waals surface area contributed by atoms with E-state index in [1.54, 1.807) is 6.92 Å². The van der Waals surface area contributed by atoms with Crippen LogP contribution in [0, 0.1) is 0 Å². The summed E-state index contributed by atoms with van der Waals surface area (Å²) in [5, 5.41) is 0. The topological polar surface area (TPSA) is 20.3 Å². The van der Waals surface area contributed by atoms with Gasteiger partial charge >= 0.3 is 0 Å². The summed E-state index contributed by atoms with van der Waals surface area (Å²) in [6.45, 7) is 22.3. The number of likely N-dealkylation sites (tertiary alicyclic amines) is 1. The number of allylic oxidation sites excluding steroid dienone is 5. The van der Waals surface area contributed by atoms with Crippen molar-refractivity contribution in [3.05, 3.63) is 36.1 Å². The first kappa shape index (κ1) is 28.5. The number of carbonyl (C=O) groups excluding carboxylic acids is 1. The Bertz CT molecular complexity index is 360. The van der Waals surface area contributed by atoms with Gasteiger partial charge in [-0.1, -0.05) is 72.8 Å². The minimum absolute atomic E-state index is 0.172. The number of Topliss-reactive ketones (excluding diaryl/α,β-unsaturated/α-hetero) is 1. The van der Waals surface area contributed by atoms with Gasteiger partial charge in [0, 0.05) is 24.4 Å². The fraction of sp³-hybridized carbons (Fsp3) is 0.696. The number of nitrogens with zero attached hydrogens (tertiary/aromatic N) is 1. The molecule has 1 saturated heterocycles. The molecule has 1 heterocycles. The first-order valence-electron chi connectivity index (χ1n) is 10.3. The maximum absolute atomic E-state index is 10.7. The Labute approximate surface area is 159 Å². The smallest absolute Gasteiger partial charge is 0.159 e. The van der Waals surface area contributed by atoms with Crippen LogP contribution in [0.4, 0.5) is 0 Å². The summed E-state index contributed by atoms with van der Waals surface area (Å²) >= 11 is 0. The highest BCUT2D eigenvalue weighted by Crippen LogP contribution is 2.12. The Morgan fingerprint density at radius 1 is 1.00 bits per heavy atom. The Balaban J connectivity index is -0.000000287. The van der Waals surface area contributed by atoms with E-state index in [0.717, 1.165) is 18.4 Å². The molecule has 0 N–H and O–H groups in total. The van der Waals surface area contributed by atoms with E-state index >= 15 is 0 Å². The van der Waals surface area contributed by atoms with Gasteiger partial charge in [0.25, 0.3) is 0 Å². The Kier molecular flexibility index (Phi) is 25.9. The van der Waals surface area contributed by atoms with Crippen LogP contribution in [0.2, 0.25) is 0 Å². The van der Waals surface area contributed by atoms with Crippen LogP contribution >= 0.6 is 0 Å². The summed E-state index contributed by atoms with van der Waals surface area (Å²) in [7, 11) is 0. The van der Waals surface area contributed by atoms with E-state index in [-0.39, 0.29) is 5.78 Å². The van der Waals surface area contributed by atoms with E-state index in [9.17, 15) is 4.79 Å². The Hall–Kier alpha value is -1.31. The number of rotatable bonds is 2. The zero-order valence-electron chi connectivity index (χ0n) is 18.5. The summed E-state index contributed by atoms with van der Waals surface area (Å²) < 4.78 is 0. The minimum atomic E-state index is 0.172. The van der Waals surface area contributed by atoms with Gasteiger partial charge in [-0.2, -0.15) is 0 Å². The second kappa shape index (κ2) is 22.7. The molecule has 0 atom stereocenters. The van der Waals surface area contributed by atoms with Gasteiger partial charge in [-0.25, -0.2) is 0 Å². The molecule has 0 saturated carbocycles. The highest BCUT2D eigenvalue weighted by atomic mass is 16.1. The lowest BCUT2D eigenvalue weighted by molar-refractivity contribution is -0.113. The monoisotopic (exact) mass is 351 g/mol. The van der Waals surface area contributed by atoms with Crippen LogP contribution in [0.3, 0.4) is 0 Å². The molecule has 0 spiro atoms. The van der Waals surface area contributed by atoms with Crippen molar-refractivity contribution in [3.8, 4) is 0 Å². The van der Waals surface area contributed by atoms with Crippen LogP contribution in [0.1, 0.15) is 93.9 Å². The summed E-state index contributed by atoms with van der Waals surface area (Å²) in [5.41, 5.74) is 2.09. The fourth-order valence-corrected chi connectivity index (χ4v) is 2.15.